The molecular weight excluding hydrogens is 234 g/mol. The Morgan fingerprint density at radius 3 is 2.63 bits per heavy atom. The lowest BCUT2D eigenvalue weighted by atomic mass is 10.1. The van der Waals surface area contributed by atoms with Gasteiger partial charge in [0.1, 0.15) is 0 Å². The molecule has 108 valence electrons. The molecule has 1 aromatic rings. The molecule has 0 bridgehead atoms. The smallest absolute Gasteiger partial charge is 0.0537 e. The Balaban J connectivity index is 2.13. The molecule has 1 aromatic heterocycles. The van der Waals surface area contributed by atoms with Gasteiger partial charge in [-0.15, -0.1) is 0 Å². The monoisotopic (exact) mass is 263 g/mol. The third-order valence-electron chi connectivity index (χ3n) is 3.97. The summed E-state index contributed by atoms with van der Waals surface area (Å²) in [6.45, 7) is 12.1. The molecule has 3 nitrogen and oxygen atoms in total. The van der Waals surface area contributed by atoms with Crippen molar-refractivity contribution in [2.45, 2.75) is 78.4 Å². The van der Waals surface area contributed by atoms with Crippen LogP contribution in [0.5, 0.6) is 0 Å². The maximum Gasteiger partial charge on any atom is 0.0537 e. The summed E-state index contributed by atoms with van der Waals surface area (Å²) in [6.07, 6.45) is 7.15. The molecule has 0 spiro atoms. The van der Waals surface area contributed by atoms with E-state index in [1.807, 2.05) is 0 Å². The Hall–Kier alpha value is -0.830. The lowest BCUT2D eigenvalue weighted by Gasteiger charge is -2.21. The Labute approximate surface area is 117 Å². The van der Waals surface area contributed by atoms with Crippen molar-refractivity contribution in [1.82, 2.24) is 15.1 Å². The largest absolute Gasteiger partial charge is 0.308 e. The number of aromatic nitrogens is 2. The molecule has 1 aliphatic rings. The molecule has 1 heterocycles. The van der Waals surface area contributed by atoms with Crippen molar-refractivity contribution in [2.75, 3.05) is 0 Å². The lowest BCUT2D eigenvalue weighted by Crippen LogP contribution is -2.35. The lowest BCUT2D eigenvalue weighted by molar-refractivity contribution is 0.413. The van der Waals surface area contributed by atoms with Crippen LogP contribution in [0.4, 0.5) is 0 Å². The molecule has 0 saturated heterocycles. The Bertz CT molecular complexity index is 410. The number of hydrogen-bond acceptors (Lipinski definition) is 2. The SMILES string of the molecule is CCCc1c(CNC(C)(C)C)cnn1C(C)C1CC1. The van der Waals surface area contributed by atoms with E-state index in [2.05, 4.69) is 55.9 Å². The predicted molar refractivity (Wildman–Crippen MR) is 80.2 cm³/mol. The van der Waals surface area contributed by atoms with Crippen molar-refractivity contribution in [2.24, 2.45) is 5.92 Å². The third-order valence-corrected chi connectivity index (χ3v) is 3.97. The molecule has 1 N–H and O–H groups in total. The van der Waals surface area contributed by atoms with Gasteiger partial charge in [0.05, 0.1) is 12.2 Å². The number of nitrogens with one attached hydrogen (secondary N) is 1. The minimum absolute atomic E-state index is 0.160. The zero-order valence-electron chi connectivity index (χ0n) is 13.2. The first-order chi connectivity index (χ1) is 8.92. The Morgan fingerprint density at radius 1 is 1.42 bits per heavy atom. The zero-order chi connectivity index (χ0) is 14.0. The third kappa shape index (κ3) is 3.82. The summed E-state index contributed by atoms with van der Waals surface area (Å²) in [5.74, 6) is 0.860. The highest BCUT2D eigenvalue weighted by Crippen LogP contribution is 2.40. The second-order valence-corrected chi connectivity index (χ2v) is 6.99. The normalized spacial score (nSPS) is 17.7. The van der Waals surface area contributed by atoms with Crippen LogP contribution in [0.3, 0.4) is 0 Å². The minimum atomic E-state index is 0.160. The van der Waals surface area contributed by atoms with E-state index in [4.69, 9.17) is 0 Å². The molecule has 1 fully saturated rings. The summed E-state index contributed by atoms with van der Waals surface area (Å²) in [5.41, 5.74) is 2.98. The summed E-state index contributed by atoms with van der Waals surface area (Å²) in [6, 6.07) is 0.574. The molecule has 0 amide bonds. The maximum atomic E-state index is 4.67. The molecule has 1 atom stereocenters. The van der Waals surface area contributed by atoms with Crippen LogP contribution >= 0.6 is 0 Å². The van der Waals surface area contributed by atoms with E-state index in [-0.39, 0.29) is 5.54 Å². The summed E-state index contributed by atoms with van der Waals surface area (Å²) in [4.78, 5) is 0. The van der Waals surface area contributed by atoms with Crippen LogP contribution in [-0.4, -0.2) is 15.3 Å². The number of hydrogen-bond donors (Lipinski definition) is 1. The topological polar surface area (TPSA) is 29.9 Å². The van der Waals surface area contributed by atoms with Gasteiger partial charge in [0.25, 0.3) is 0 Å². The highest BCUT2D eigenvalue weighted by atomic mass is 15.3. The molecular formula is C16H29N3. The van der Waals surface area contributed by atoms with Gasteiger partial charge in [-0.2, -0.15) is 5.10 Å². The molecule has 1 unspecified atom stereocenters. The highest BCUT2D eigenvalue weighted by molar-refractivity contribution is 5.19. The van der Waals surface area contributed by atoms with Gasteiger partial charge in [-0.25, -0.2) is 0 Å². The van der Waals surface area contributed by atoms with Gasteiger partial charge in [0, 0.05) is 23.3 Å². The van der Waals surface area contributed by atoms with E-state index in [9.17, 15) is 0 Å². The summed E-state index contributed by atoms with van der Waals surface area (Å²) >= 11 is 0. The van der Waals surface area contributed by atoms with Crippen LogP contribution in [0.1, 0.15) is 71.2 Å². The maximum absolute atomic E-state index is 4.67. The van der Waals surface area contributed by atoms with Crippen molar-refractivity contribution >= 4 is 0 Å². The van der Waals surface area contributed by atoms with Gasteiger partial charge >= 0.3 is 0 Å². The fourth-order valence-corrected chi connectivity index (χ4v) is 2.57. The van der Waals surface area contributed by atoms with Gasteiger partial charge in [-0.05, 0) is 52.9 Å². The molecule has 0 aromatic carbocycles. The van der Waals surface area contributed by atoms with Crippen molar-refractivity contribution in [3.63, 3.8) is 0 Å². The molecule has 1 aliphatic carbocycles. The average Bonchev–Trinajstić information content (AvgIpc) is 3.09. The van der Waals surface area contributed by atoms with E-state index >= 15 is 0 Å². The van der Waals surface area contributed by atoms with Crippen LogP contribution in [0.2, 0.25) is 0 Å². The standard InChI is InChI=1S/C16H29N3/c1-6-7-15-14(10-17-16(3,4)5)11-18-19(15)12(2)13-8-9-13/h11-13,17H,6-10H2,1-5H3. The van der Waals surface area contributed by atoms with Crippen molar-refractivity contribution < 1.29 is 0 Å². The molecule has 3 heteroatoms. The Morgan fingerprint density at radius 2 is 2.11 bits per heavy atom. The molecule has 0 aliphatic heterocycles. The first kappa shape index (κ1) is 14.6. The van der Waals surface area contributed by atoms with Crippen molar-refractivity contribution in [1.29, 1.82) is 0 Å². The van der Waals surface area contributed by atoms with Crippen molar-refractivity contribution in [3.8, 4) is 0 Å². The van der Waals surface area contributed by atoms with E-state index in [0.717, 1.165) is 18.9 Å². The van der Waals surface area contributed by atoms with Crippen LogP contribution in [0.25, 0.3) is 0 Å². The van der Waals surface area contributed by atoms with Gasteiger partial charge in [0.2, 0.25) is 0 Å². The first-order valence-electron chi connectivity index (χ1n) is 7.72. The molecule has 2 rings (SSSR count). The van der Waals surface area contributed by atoms with Crippen LogP contribution < -0.4 is 5.32 Å². The van der Waals surface area contributed by atoms with Gasteiger partial charge in [-0.3, -0.25) is 4.68 Å². The van der Waals surface area contributed by atoms with Gasteiger partial charge in [-0.1, -0.05) is 13.3 Å². The van der Waals surface area contributed by atoms with E-state index in [1.165, 1.54) is 30.5 Å². The summed E-state index contributed by atoms with van der Waals surface area (Å²) in [7, 11) is 0. The van der Waals surface area contributed by atoms with E-state index < -0.39 is 0 Å². The van der Waals surface area contributed by atoms with E-state index in [0.29, 0.717) is 6.04 Å². The van der Waals surface area contributed by atoms with Crippen LogP contribution in [0, 0.1) is 5.92 Å². The summed E-state index contributed by atoms with van der Waals surface area (Å²) in [5, 5.41) is 8.25. The second kappa shape index (κ2) is 5.66. The molecule has 1 saturated carbocycles. The minimum Gasteiger partial charge on any atom is -0.308 e. The summed E-state index contributed by atoms with van der Waals surface area (Å²) < 4.78 is 2.29. The van der Waals surface area contributed by atoms with Crippen LogP contribution in [0.15, 0.2) is 6.20 Å². The predicted octanol–water partition coefficient (Wildman–Crippen LogP) is 3.69. The fraction of sp³-hybridized carbons (Fsp3) is 0.812. The highest BCUT2D eigenvalue weighted by Gasteiger charge is 2.31. The van der Waals surface area contributed by atoms with Crippen LogP contribution in [-0.2, 0) is 13.0 Å². The molecule has 0 radical (unpaired) electrons. The number of rotatable bonds is 6. The van der Waals surface area contributed by atoms with Crippen molar-refractivity contribution in [3.05, 3.63) is 17.5 Å². The first-order valence-corrected chi connectivity index (χ1v) is 7.72. The van der Waals surface area contributed by atoms with Gasteiger partial charge < -0.3 is 5.32 Å². The zero-order valence-corrected chi connectivity index (χ0v) is 13.2. The fourth-order valence-electron chi connectivity index (χ4n) is 2.57. The molecule has 19 heavy (non-hydrogen) atoms. The second-order valence-electron chi connectivity index (χ2n) is 6.99. The average molecular weight is 263 g/mol. The quantitative estimate of drug-likeness (QED) is 0.848. The number of nitrogens with zero attached hydrogens (tertiary/aromatic N) is 2. The van der Waals surface area contributed by atoms with E-state index in [1.54, 1.807) is 0 Å². The Kier molecular flexibility index (Phi) is 4.34. The van der Waals surface area contributed by atoms with Gasteiger partial charge in [0.15, 0.2) is 0 Å².